The molecule has 1 heterocycles. The first-order valence-corrected chi connectivity index (χ1v) is 10.4. The molecule has 2 fully saturated rings. The fourth-order valence-corrected chi connectivity index (χ4v) is 3.46. The summed E-state index contributed by atoms with van der Waals surface area (Å²) in [6.07, 6.45) is 2.28. The van der Waals surface area contributed by atoms with Crippen LogP contribution in [0, 0.1) is 0 Å². The van der Waals surface area contributed by atoms with Crippen LogP contribution in [0.1, 0.15) is 44.7 Å². The third kappa shape index (κ3) is 7.44. The van der Waals surface area contributed by atoms with Crippen LogP contribution in [-0.2, 0) is 16.8 Å². The third-order valence-electron chi connectivity index (χ3n) is 5.46. The van der Waals surface area contributed by atoms with E-state index >= 15 is 0 Å². The minimum Gasteiger partial charge on any atom is -0.352 e. The number of hydrogen-bond acceptors (Lipinski definition) is 3. The van der Waals surface area contributed by atoms with Gasteiger partial charge in [-0.15, -0.1) is 24.0 Å². The van der Waals surface area contributed by atoms with Crippen molar-refractivity contribution in [2.24, 2.45) is 4.99 Å². The Labute approximate surface area is 192 Å². The molecule has 1 saturated heterocycles. The molecule has 1 aliphatic heterocycles. The zero-order valence-electron chi connectivity index (χ0n) is 18.2. The van der Waals surface area contributed by atoms with E-state index in [0.717, 1.165) is 51.5 Å². The number of halogens is 1. The van der Waals surface area contributed by atoms with Gasteiger partial charge >= 0.3 is 0 Å². The molecule has 1 amide bonds. The molecule has 29 heavy (non-hydrogen) atoms. The number of guanidine groups is 1. The number of hydrogen-bond donors (Lipinski definition) is 2. The number of carbonyl (C=O) groups is 1. The first kappa shape index (κ1) is 23.9. The minimum atomic E-state index is 0. The van der Waals surface area contributed by atoms with Gasteiger partial charge in [0.15, 0.2) is 5.96 Å². The fraction of sp³-hybridized carbons (Fsp3) is 0.636. The molecule has 1 aliphatic carbocycles. The first-order chi connectivity index (χ1) is 13.3. The van der Waals surface area contributed by atoms with Gasteiger partial charge in [0.05, 0.1) is 6.54 Å². The molecule has 2 N–H and O–H groups in total. The Balaban J connectivity index is 0.00000300. The summed E-state index contributed by atoms with van der Waals surface area (Å²) in [5.41, 5.74) is 2.78. The topological polar surface area (TPSA) is 60.0 Å². The Kier molecular flexibility index (Phi) is 8.75. The molecule has 2 aliphatic rings. The van der Waals surface area contributed by atoms with Crippen LogP contribution in [0.25, 0.3) is 0 Å². The van der Waals surface area contributed by atoms with E-state index in [2.05, 4.69) is 70.5 Å². The first-order valence-electron chi connectivity index (χ1n) is 10.4. The molecule has 0 atom stereocenters. The van der Waals surface area contributed by atoms with Crippen LogP contribution in [0.15, 0.2) is 29.3 Å². The second-order valence-electron chi connectivity index (χ2n) is 8.95. The highest BCUT2D eigenvalue weighted by atomic mass is 127. The average Bonchev–Trinajstić information content (AvgIpc) is 3.47. The second-order valence-corrected chi connectivity index (χ2v) is 8.95. The molecule has 0 unspecified atom stereocenters. The smallest absolute Gasteiger partial charge is 0.234 e. The normalized spacial score (nSPS) is 18.2. The molecule has 1 aromatic carbocycles. The van der Waals surface area contributed by atoms with E-state index in [1.807, 2.05) is 7.05 Å². The van der Waals surface area contributed by atoms with Crippen LogP contribution >= 0.6 is 24.0 Å². The average molecular weight is 513 g/mol. The predicted octanol–water partition coefficient (Wildman–Crippen LogP) is 2.57. The molecule has 0 bridgehead atoms. The van der Waals surface area contributed by atoms with E-state index in [-0.39, 0.29) is 35.3 Å². The van der Waals surface area contributed by atoms with Gasteiger partial charge < -0.3 is 15.5 Å². The maximum Gasteiger partial charge on any atom is 0.234 e. The molecule has 1 saturated carbocycles. The van der Waals surface area contributed by atoms with E-state index in [1.165, 1.54) is 11.1 Å². The lowest BCUT2D eigenvalue weighted by Gasteiger charge is -2.36. The van der Waals surface area contributed by atoms with Gasteiger partial charge in [0, 0.05) is 45.8 Å². The maximum absolute atomic E-state index is 12.0. The molecule has 0 spiro atoms. The lowest BCUT2D eigenvalue weighted by Crippen LogP contribution is -2.54. The summed E-state index contributed by atoms with van der Waals surface area (Å²) in [4.78, 5) is 20.9. The Morgan fingerprint density at radius 1 is 1.10 bits per heavy atom. The fourth-order valence-electron chi connectivity index (χ4n) is 3.46. The van der Waals surface area contributed by atoms with Crippen molar-refractivity contribution in [1.29, 1.82) is 0 Å². The highest BCUT2D eigenvalue weighted by Gasteiger charge is 2.25. The van der Waals surface area contributed by atoms with Crippen molar-refractivity contribution in [1.82, 2.24) is 20.4 Å². The number of nitrogens with one attached hydrogen (secondary N) is 2. The predicted molar refractivity (Wildman–Crippen MR) is 130 cm³/mol. The summed E-state index contributed by atoms with van der Waals surface area (Å²) in [6.45, 7) is 11.5. The molecule has 1 aromatic rings. The van der Waals surface area contributed by atoms with Gasteiger partial charge in [-0.25, -0.2) is 0 Å². The molecule has 7 heteroatoms. The quantitative estimate of drug-likeness (QED) is 0.361. The summed E-state index contributed by atoms with van der Waals surface area (Å²) in [5, 5.41) is 6.55. The zero-order valence-corrected chi connectivity index (χ0v) is 20.5. The van der Waals surface area contributed by atoms with Gasteiger partial charge in [-0.3, -0.25) is 14.7 Å². The minimum absolute atomic E-state index is 0. The summed E-state index contributed by atoms with van der Waals surface area (Å²) >= 11 is 0. The van der Waals surface area contributed by atoms with Crippen molar-refractivity contribution in [2.45, 2.75) is 51.6 Å². The van der Waals surface area contributed by atoms with Crippen molar-refractivity contribution in [3.05, 3.63) is 35.4 Å². The Morgan fingerprint density at radius 3 is 2.24 bits per heavy atom. The monoisotopic (exact) mass is 513 g/mol. The van der Waals surface area contributed by atoms with Crippen LogP contribution in [0.3, 0.4) is 0 Å². The van der Waals surface area contributed by atoms with Crippen LogP contribution < -0.4 is 10.6 Å². The van der Waals surface area contributed by atoms with E-state index in [0.29, 0.717) is 12.6 Å². The van der Waals surface area contributed by atoms with Gasteiger partial charge in [-0.05, 0) is 29.4 Å². The molecular formula is C22H36IN5O. The number of rotatable bonds is 5. The van der Waals surface area contributed by atoms with E-state index in [1.54, 1.807) is 0 Å². The highest BCUT2D eigenvalue weighted by Crippen LogP contribution is 2.22. The van der Waals surface area contributed by atoms with E-state index < -0.39 is 0 Å². The van der Waals surface area contributed by atoms with Gasteiger partial charge in [-0.1, -0.05) is 45.0 Å². The van der Waals surface area contributed by atoms with Crippen molar-refractivity contribution in [2.75, 3.05) is 39.8 Å². The van der Waals surface area contributed by atoms with Gasteiger partial charge in [-0.2, -0.15) is 0 Å². The van der Waals surface area contributed by atoms with Crippen molar-refractivity contribution in [3.63, 3.8) is 0 Å². The lowest BCUT2D eigenvalue weighted by atomic mass is 9.87. The van der Waals surface area contributed by atoms with Gasteiger partial charge in [0.1, 0.15) is 0 Å². The van der Waals surface area contributed by atoms with E-state index in [9.17, 15) is 4.79 Å². The number of carbonyl (C=O) groups excluding carboxylic acids is 1. The molecule has 6 nitrogen and oxygen atoms in total. The summed E-state index contributed by atoms with van der Waals surface area (Å²) in [7, 11) is 1.83. The number of amides is 1. The van der Waals surface area contributed by atoms with Crippen molar-refractivity contribution >= 4 is 35.8 Å². The molecule has 0 radical (unpaired) electrons. The standard InChI is InChI=1S/C22H35N5O.HI/c1-22(2,3)18-7-5-17(6-8-18)15-24-21(23-4)27-13-11-26(12-14-27)16-20(28)25-19-9-10-19;/h5-8,19H,9-16H2,1-4H3,(H,23,24)(H,25,28);1H. The number of piperazine rings is 1. The zero-order chi connectivity index (χ0) is 20.1. The number of nitrogens with zero attached hydrogens (tertiary/aromatic N) is 3. The second kappa shape index (κ2) is 10.6. The Hall–Kier alpha value is -1.35. The maximum atomic E-state index is 12.0. The summed E-state index contributed by atoms with van der Waals surface area (Å²) in [6, 6.07) is 9.25. The molecule has 162 valence electrons. The Morgan fingerprint density at radius 2 is 1.72 bits per heavy atom. The van der Waals surface area contributed by atoms with Crippen LogP contribution in [-0.4, -0.2) is 67.5 Å². The molecule has 0 aromatic heterocycles. The SMILES string of the molecule is CN=C(NCc1ccc(C(C)(C)C)cc1)N1CCN(CC(=O)NC2CC2)CC1.I. The molecular weight excluding hydrogens is 477 g/mol. The highest BCUT2D eigenvalue weighted by molar-refractivity contribution is 14.0. The number of benzene rings is 1. The Bertz CT molecular complexity index is 686. The van der Waals surface area contributed by atoms with Crippen LogP contribution in [0.4, 0.5) is 0 Å². The van der Waals surface area contributed by atoms with Crippen LogP contribution in [0.5, 0.6) is 0 Å². The number of aliphatic imine (C=N–C) groups is 1. The van der Waals surface area contributed by atoms with Gasteiger partial charge in [0.25, 0.3) is 0 Å². The summed E-state index contributed by atoms with van der Waals surface area (Å²) in [5.74, 6) is 1.10. The van der Waals surface area contributed by atoms with Crippen molar-refractivity contribution in [3.8, 4) is 0 Å². The van der Waals surface area contributed by atoms with E-state index in [4.69, 9.17) is 0 Å². The van der Waals surface area contributed by atoms with Gasteiger partial charge in [0.2, 0.25) is 5.91 Å². The lowest BCUT2D eigenvalue weighted by molar-refractivity contribution is -0.122. The summed E-state index contributed by atoms with van der Waals surface area (Å²) < 4.78 is 0. The molecule has 3 rings (SSSR count). The third-order valence-corrected chi connectivity index (χ3v) is 5.46. The van der Waals surface area contributed by atoms with Crippen molar-refractivity contribution < 1.29 is 4.79 Å². The largest absolute Gasteiger partial charge is 0.352 e. The van der Waals surface area contributed by atoms with Crippen LogP contribution in [0.2, 0.25) is 0 Å².